The third-order valence-corrected chi connectivity index (χ3v) is 5.90. The smallest absolute Gasteiger partial charge is 0.293 e. The van der Waals surface area contributed by atoms with Crippen LogP contribution in [-0.2, 0) is 11.3 Å². The van der Waals surface area contributed by atoms with Crippen molar-refractivity contribution in [3.8, 4) is 11.6 Å². The van der Waals surface area contributed by atoms with Crippen molar-refractivity contribution >= 4 is 50.6 Å². The molecule has 0 bridgehead atoms. The average Bonchev–Trinajstić information content (AvgIpc) is 3.04. The maximum atomic E-state index is 12.7. The molecule has 3 aromatic rings. The molecule has 2 amide bonds. The Morgan fingerprint density at radius 3 is 2.41 bits per heavy atom. The molecule has 0 unspecified atom stereocenters. The van der Waals surface area contributed by atoms with E-state index in [2.05, 4.69) is 20.9 Å². The fraction of sp³-hybridized carbons (Fsp3) is 0.0455. The lowest BCUT2D eigenvalue weighted by Gasteiger charge is -2.12. The van der Waals surface area contributed by atoms with E-state index in [0.717, 1.165) is 33.6 Å². The Balaban J connectivity index is 1.43. The van der Waals surface area contributed by atoms with Crippen molar-refractivity contribution in [2.45, 2.75) is 6.54 Å². The van der Waals surface area contributed by atoms with E-state index in [1.54, 1.807) is 30.3 Å². The molecular weight excluding hydrogens is 498 g/mol. The molecule has 0 spiro atoms. The maximum absolute atomic E-state index is 12.7. The third kappa shape index (κ3) is 5.04. The minimum Gasteiger partial charge on any atom is -0.439 e. The minimum absolute atomic E-state index is 0.123. The highest BCUT2D eigenvalue weighted by atomic mass is 79.9. The lowest BCUT2D eigenvalue weighted by atomic mass is 10.2. The maximum Gasteiger partial charge on any atom is 0.293 e. The van der Waals surface area contributed by atoms with E-state index in [0.29, 0.717) is 10.7 Å². The van der Waals surface area contributed by atoms with Crippen LogP contribution in [0.3, 0.4) is 0 Å². The summed E-state index contributed by atoms with van der Waals surface area (Å²) in [6, 6.07) is 17.0. The quantitative estimate of drug-likeness (QED) is 0.234. The van der Waals surface area contributed by atoms with Gasteiger partial charge in [0.05, 0.1) is 16.4 Å². The first-order chi connectivity index (χ1) is 15.4. The number of pyridine rings is 1. The van der Waals surface area contributed by atoms with Crippen LogP contribution >= 0.6 is 27.7 Å². The van der Waals surface area contributed by atoms with Crippen LogP contribution in [0.15, 0.2) is 76.2 Å². The van der Waals surface area contributed by atoms with Gasteiger partial charge in [-0.25, -0.2) is 4.98 Å². The summed E-state index contributed by atoms with van der Waals surface area (Å²) in [6.45, 7) is 0.213. The summed E-state index contributed by atoms with van der Waals surface area (Å²) in [6.07, 6.45) is 2.77. The molecule has 0 atom stereocenters. The minimum atomic E-state index is -0.536. The number of hydrogen-bond acceptors (Lipinski definition) is 7. The van der Waals surface area contributed by atoms with Gasteiger partial charge in [0.1, 0.15) is 11.9 Å². The summed E-state index contributed by atoms with van der Waals surface area (Å²) in [5, 5.41) is 10.4. The molecule has 8 nitrogen and oxygen atoms in total. The van der Waals surface area contributed by atoms with Gasteiger partial charge in [-0.05, 0) is 53.2 Å². The predicted molar refractivity (Wildman–Crippen MR) is 123 cm³/mol. The number of nitro groups is 1. The van der Waals surface area contributed by atoms with Crippen molar-refractivity contribution in [1.82, 2.24) is 9.88 Å². The second kappa shape index (κ2) is 9.33. The highest BCUT2D eigenvalue weighted by molar-refractivity contribution is 9.10. The van der Waals surface area contributed by atoms with E-state index in [1.165, 1.54) is 17.0 Å². The molecule has 1 fully saturated rings. The van der Waals surface area contributed by atoms with Gasteiger partial charge in [0.15, 0.2) is 0 Å². The van der Waals surface area contributed by atoms with E-state index in [-0.39, 0.29) is 29.3 Å². The number of benzene rings is 2. The summed E-state index contributed by atoms with van der Waals surface area (Å²) < 4.78 is 6.50. The van der Waals surface area contributed by atoms with Gasteiger partial charge in [-0.15, -0.1) is 0 Å². The lowest BCUT2D eigenvalue weighted by Crippen LogP contribution is -2.27. The van der Waals surface area contributed by atoms with E-state index < -0.39 is 4.92 Å². The number of thioether (sulfide) groups is 1. The fourth-order valence-corrected chi connectivity index (χ4v) is 3.96. The van der Waals surface area contributed by atoms with Crippen molar-refractivity contribution < 1.29 is 19.2 Å². The number of halogens is 1. The van der Waals surface area contributed by atoms with E-state index >= 15 is 0 Å². The van der Waals surface area contributed by atoms with Crippen LogP contribution < -0.4 is 4.74 Å². The van der Waals surface area contributed by atoms with Crippen LogP contribution in [0, 0.1) is 10.1 Å². The number of ether oxygens (including phenoxy) is 1. The van der Waals surface area contributed by atoms with Crippen LogP contribution in [0.4, 0.5) is 10.5 Å². The first-order valence-electron chi connectivity index (χ1n) is 9.27. The van der Waals surface area contributed by atoms with E-state index in [9.17, 15) is 19.7 Å². The molecule has 1 aliphatic rings. The molecule has 1 aromatic heterocycles. The zero-order chi connectivity index (χ0) is 22.7. The monoisotopic (exact) mass is 511 g/mol. The number of aromatic nitrogens is 1. The van der Waals surface area contributed by atoms with Crippen LogP contribution in [0.1, 0.15) is 11.1 Å². The highest BCUT2D eigenvalue weighted by Gasteiger charge is 2.34. The SMILES string of the molecule is O=C1S/C(=C\c2ccc(Oc3ccc([N+](=O)[O-])cn3)cc2)C(=O)N1Cc1ccc(Br)cc1. The zero-order valence-corrected chi connectivity index (χ0v) is 18.7. The molecular formula is C22H14BrN3O5S. The molecule has 0 saturated carbocycles. The Hall–Kier alpha value is -3.50. The molecule has 0 N–H and O–H groups in total. The standard InChI is InChI=1S/C22H14BrN3O5S/c23-16-5-1-15(2-6-16)13-25-21(27)19(32-22(25)28)11-14-3-8-18(9-4-14)31-20-10-7-17(12-24-20)26(29)30/h1-12H,13H2/b19-11-. The van der Waals surface area contributed by atoms with Crippen LogP contribution in [0.5, 0.6) is 11.6 Å². The number of imide groups is 1. The van der Waals surface area contributed by atoms with Crippen LogP contribution in [-0.4, -0.2) is 26.0 Å². The Kier molecular flexibility index (Phi) is 6.33. The number of rotatable bonds is 6. The van der Waals surface area contributed by atoms with Crippen molar-refractivity contribution in [1.29, 1.82) is 0 Å². The molecule has 2 heterocycles. The average molecular weight is 512 g/mol. The summed E-state index contributed by atoms with van der Waals surface area (Å²) in [5.74, 6) is 0.364. The Bertz CT molecular complexity index is 1210. The fourth-order valence-electron chi connectivity index (χ4n) is 2.85. The van der Waals surface area contributed by atoms with E-state index in [1.807, 2.05) is 24.3 Å². The van der Waals surface area contributed by atoms with Gasteiger partial charge in [0.2, 0.25) is 5.88 Å². The second-order valence-corrected chi connectivity index (χ2v) is 8.59. The molecule has 1 saturated heterocycles. The largest absolute Gasteiger partial charge is 0.439 e. The number of nitrogens with zero attached hydrogens (tertiary/aromatic N) is 3. The number of hydrogen-bond donors (Lipinski definition) is 0. The van der Waals surface area contributed by atoms with Crippen molar-refractivity contribution in [3.63, 3.8) is 0 Å². The first kappa shape index (κ1) is 21.7. The van der Waals surface area contributed by atoms with Crippen LogP contribution in [0.2, 0.25) is 0 Å². The first-order valence-corrected chi connectivity index (χ1v) is 10.9. The van der Waals surface area contributed by atoms with Gasteiger partial charge in [-0.1, -0.05) is 40.2 Å². The zero-order valence-electron chi connectivity index (χ0n) is 16.3. The lowest BCUT2D eigenvalue weighted by molar-refractivity contribution is -0.385. The normalized spacial score (nSPS) is 14.8. The summed E-state index contributed by atoms with van der Waals surface area (Å²) in [7, 11) is 0. The molecule has 2 aromatic carbocycles. The van der Waals surface area contributed by atoms with Gasteiger partial charge in [0, 0.05) is 16.6 Å². The van der Waals surface area contributed by atoms with Crippen molar-refractivity contribution in [2.75, 3.05) is 0 Å². The summed E-state index contributed by atoms with van der Waals surface area (Å²) >= 11 is 4.26. The Labute approximate surface area is 195 Å². The molecule has 0 radical (unpaired) electrons. The molecule has 32 heavy (non-hydrogen) atoms. The van der Waals surface area contributed by atoms with E-state index in [4.69, 9.17) is 4.74 Å². The summed E-state index contributed by atoms with van der Waals surface area (Å²) in [5.41, 5.74) is 1.46. The molecule has 0 aliphatic carbocycles. The molecule has 4 rings (SSSR count). The van der Waals surface area contributed by atoms with Crippen molar-refractivity contribution in [3.05, 3.63) is 97.5 Å². The van der Waals surface area contributed by atoms with Gasteiger partial charge in [0.25, 0.3) is 16.8 Å². The van der Waals surface area contributed by atoms with Gasteiger partial charge in [-0.2, -0.15) is 0 Å². The second-order valence-electron chi connectivity index (χ2n) is 6.68. The van der Waals surface area contributed by atoms with Crippen molar-refractivity contribution in [2.24, 2.45) is 0 Å². The molecule has 10 heteroatoms. The Morgan fingerprint density at radius 2 is 1.78 bits per heavy atom. The molecule has 1 aliphatic heterocycles. The topological polar surface area (TPSA) is 103 Å². The van der Waals surface area contributed by atoms with Gasteiger partial charge >= 0.3 is 0 Å². The van der Waals surface area contributed by atoms with Gasteiger partial charge < -0.3 is 4.74 Å². The van der Waals surface area contributed by atoms with Gasteiger partial charge in [-0.3, -0.25) is 24.6 Å². The number of amides is 2. The van der Waals surface area contributed by atoms with Crippen LogP contribution in [0.25, 0.3) is 6.08 Å². The summed E-state index contributed by atoms with van der Waals surface area (Å²) in [4.78, 5) is 40.6. The predicted octanol–water partition coefficient (Wildman–Crippen LogP) is 5.78. The Morgan fingerprint density at radius 1 is 1.06 bits per heavy atom. The number of carbonyl (C=O) groups is 2. The molecule has 160 valence electrons. The highest BCUT2D eigenvalue weighted by Crippen LogP contribution is 2.33. The third-order valence-electron chi connectivity index (χ3n) is 4.46. The number of carbonyl (C=O) groups excluding carboxylic acids is 2.